The van der Waals surface area contributed by atoms with E-state index in [-0.39, 0.29) is 11.4 Å². The number of esters is 1. The first-order valence-electron chi connectivity index (χ1n) is 5.90. The van der Waals surface area contributed by atoms with E-state index in [9.17, 15) is 4.79 Å². The number of halogens is 1. The molecule has 3 aromatic rings. The molecule has 0 atom stereocenters. The number of carbonyl (C=O) groups excluding carboxylic acids is 1. The van der Waals surface area contributed by atoms with Crippen molar-refractivity contribution in [1.29, 1.82) is 0 Å². The number of nitrogens with zero attached hydrogens (tertiary/aromatic N) is 3. The Kier molecular flexibility index (Phi) is 3.12. The van der Waals surface area contributed by atoms with Gasteiger partial charge in [0.25, 0.3) is 0 Å². The van der Waals surface area contributed by atoms with E-state index in [0.29, 0.717) is 10.7 Å². The van der Waals surface area contributed by atoms with Crippen molar-refractivity contribution in [3.63, 3.8) is 0 Å². The fourth-order valence-electron chi connectivity index (χ4n) is 1.81. The molecular formula is C14H10ClN3O2. The number of ether oxygens (including phenoxy) is 1. The van der Waals surface area contributed by atoms with Gasteiger partial charge in [0.15, 0.2) is 11.4 Å². The lowest BCUT2D eigenvalue weighted by Gasteiger charge is -2.01. The number of imidazole rings is 1. The monoisotopic (exact) mass is 287 g/mol. The smallest absolute Gasteiger partial charge is 0.364 e. The highest BCUT2D eigenvalue weighted by atomic mass is 35.5. The molecule has 0 radical (unpaired) electrons. The second kappa shape index (κ2) is 4.94. The third-order valence-electron chi connectivity index (χ3n) is 2.70. The molecule has 20 heavy (non-hydrogen) atoms. The van der Waals surface area contributed by atoms with Gasteiger partial charge in [-0.05, 0) is 18.6 Å². The summed E-state index contributed by atoms with van der Waals surface area (Å²) in [6.45, 7) is 1.97. The molecule has 0 amide bonds. The maximum absolute atomic E-state index is 12.0. The van der Waals surface area contributed by atoms with Gasteiger partial charge in [-0.2, -0.15) is 0 Å². The molecular weight excluding hydrogens is 278 g/mol. The van der Waals surface area contributed by atoms with Gasteiger partial charge < -0.3 is 9.14 Å². The van der Waals surface area contributed by atoms with Crippen LogP contribution in [-0.4, -0.2) is 20.3 Å². The lowest BCUT2D eigenvalue weighted by molar-refractivity contribution is 0.0728. The predicted octanol–water partition coefficient (Wildman–Crippen LogP) is 2.91. The molecule has 6 heteroatoms. The minimum atomic E-state index is -0.546. The summed E-state index contributed by atoms with van der Waals surface area (Å²) < 4.78 is 6.96. The number of pyridine rings is 2. The van der Waals surface area contributed by atoms with Gasteiger partial charge in [-0.1, -0.05) is 17.7 Å². The van der Waals surface area contributed by atoms with Crippen LogP contribution in [0, 0.1) is 6.92 Å². The quantitative estimate of drug-likeness (QED) is 0.680. The molecule has 0 N–H and O–H groups in total. The molecule has 0 saturated heterocycles. The second-order valence-electron chi connectivity index (χ2n) is 4.33. The van der Waals surface area contributed by atoms with Crippen molar-refractivity contribution in [2.24, 2.45) is 0 Å². The Labute approximate surface area is 119 Å². The minimum Gasteiger partial charge on any atom is -0.420 e. The average molecular weight is 288 g/mol. The zero-order valence-corrected chi connectivity index (χ0v) is 11.3. The van der Waals surface area contributed by atoms with Crippen molar-refractivity contribution in [3.8, 4) is 5.75 Å². The Balaban J connectivity index is 1.88. The van der Waals surface area contributed by atoms with E-state index in [4.69, 9.17) is 16.3 Å². The van der Waals surface area contributed by atoms with E-state index >= 15 is 0 Å². The zero-order chi connectivity index (χ0) is 14.1. The predicted molar refractivity (Wildman–Crippen MR) is 74.1 cm³/mol. The lowest BCUT2D eigenvalue weighted by Crippen LogP contribution is -2.08. The summed E-state index contributed by atoms with van der Waals surface area (Å²) in [7, 11) is 0. The van der Waals surface area contributed by atoms with Crippen molar-refractivity contribution in [1.82, 2.24) is 14.4 Å². The molecule has 0 aliphatic rings. The summed E-state index contributed by atoms with van der Waals surface area (Å²) in [6.07, 6.45) is 6.40. The average Bonchev–Trinajstić information content (AvgIpc) is 2.81. The summed E-state index contributed by atoms with van der Waals surface area (Å²) >= 11 is 5.78. The largest absolute Gasteiger partial charge is 0.420 e. The summed E-state index contributed by atoms with van der Waals surface area (Å²) in [6, 6.07) is 5.29. The molecule has 0 fully saturated rings. The highest BCUT2D eigenvalue weighted by molar-refractivity contribution is 6.30. The standard InChI is InChI=1S/C14H10ClN3O2/c1-9-2-3-13-17-12(8-18(13)7-9)14(19)20-11-4-10(15)5-16-6-11/h2-8H,1H3. The fraction of sp³-hybridized carbons (Fsp3) is 0.0714. The second-order valence-corrected chi connectivity index (χ2v) is 4.76. The molecule has 0 aliphatic heterocycles. The fourth-order valence-corrected chi connectivity index (χ4v) is 1.97. The SMILES string of the molecule is Cc1ccc2nc(C(=O)Oc3cncc(Cl)c3)cn2c1. The Hall–Kier alpha value is -2.40. The topological polar surface area (TPSA) is 56.5 Å². The Morgan fingerprint density at radius 1 is 1.30 bits per heavy atom. The van der Waals surface area contributed by atoms with Gasteiger partial charge in [-0.3, -0.25) is 4.98 Å². The van der Waals surface area contributed by atoms with E-state index in [1.165, 1.54) is 18.5 Å². The number of aryl methyl sites for hydroxylation is 1. The van der Waals surface area contributed by atoms with Gasteiger partial charge >= 0.3 is 5.97 Å². The highest BCUT2D eigenvalue weighted by Gasteiger charge is 2.13. The Morgan fingerprint density at radius 3 is 2.95 bits per heavy atom. The van der Waals surface area contributed by atoms with E-state index < -0.39 is 5.97 Å². The lowest BCUT2D eigenvalue weighted by atomic mass is 10.3. The highest BCUT2D eigenvalue weighted by Crippen LogP contribution is 2.17. The van der Waals surface area contributed by atoms with Crippen LogP contribution in [0.5, 0.6) is 5.75 Å². The van der Waals surface area contributed by atoms with Crippen molar-refractivity contribution < 1.29 is 9.53 Å². The van der Waals surface area contributed by atoms with Crippen molar-refractivity contribution in [3.05, 3.63) is 59.3 Å². The molecule has 3 heterocycles. The first-order valence-corrected chi connectivity index (χ1v) is 6.28. The first-order chi connectivity index (χ1) is 9.61. The number of carbonyl (C=O) groups is 1. The Morgan fingerprint density at radius 2 is 2.15 bits per heavy atom. The van der Waals surface area contributed by atoms with Crippen LogP contribution in [0.2, 0.25) is 5.02 Å². The van der Waals surface area contributed by atoms with Gasteiger partial charge in [0.1, 0.15) is 5.65 Å². The molecule has 3 aromatic heterocycles. The van der Waals surface area contributed by atoms with Gasteiger partial charge in [0.05, 0.1) is 11.2 Å². The third-order valence-corrected chi connectivity index (χ3v) is 2.91. The molecule has 0 unspecified atom stereocenters. The molecule has 0 bridgehead atoms. The molecule has 0 aromatic carbocycles. The van der Waals surface area contributed by atoms with E-state index in [1.54, 1.807) is 10.6 Å². The summed E-state index contributed by atoms with van der Waals surface area (Å²) in [5.41, 5.74) is 2.00. The van der Waals surface area contributed by atoms with E-state index in [1.807, 2.05) is 25.3 Å². The number of hydrogen-bond acceptors (Lipinski definition) is 4. The van der Waals surface area contributed by atoms with Crippen LogP contribution >= 0.6 is 11.6 Å². The number of hydrogen-bond donors (Lipinski definition) is 0. The molecule has 3 rings (SSSR count). The van der Waals surface area contributed by atoms with Gasteiger partial charge in [-0.15, -0.1) is 0 Å². The van der Waals surface area contributed by atoms with E-state index in [0.717, 1.165) is 5.56 Å². The normalized spacial score (nSPS) is 10.7. The minimum absolute atomic E-state index is 0.232. The van der Waals surface area contributed by atoms with Crippen LogP contribution in [0.25, 0.3) is 5.65 Å². The number of rotatable bonds is 2. The third kappa shape index (κ3) is 2.48. The number of fused-ring (bicyclic) bond motifs is 1. The van der Waals surface area contributed by atoms with Crippen molar-refractivity contribution in [2.75, 3.05) is 0 Å². The Bertz CT molecular complexity index is 798. The molecule has 5 nitrogen and oxygen atoms in total. The van der Waals surface area contributed by atoms with Crippen molar-refractivity contribution in [2.45, 2.75) is 6.92 Å². The molecule has 0 aliphatic carbocycles. The van der Waals surface area contributed by atoms with Gasteiger partial charge in [-0.25, -0.2) is 9.78 Å². The van der Waals surface area contributed by atoms with Crippen LogP contribution in [0.15, 0.2) is 43.0 Å². The maximum atomic E-state index is 12.0. The molecule has 0 saturated carbocycles. The number of aromatic nitrogens is 3. The summed E-state index contributed by atoms with van der Waals surface area (Å²) in [4.78, 5) is 20.1. The molecule has 100 valence electrons. The summed E-state index contributed by atoms with van der Waals surface area (Å²) in [5, 5.41) is 0.404. The van der Waals surface area contributed by atoms with Crippen LogP contribution in [0.1, 0.15) is 16.1 Å². The zero-order valence-electron chi connectivity index (χ0n) is 10.6. The molecule has 0 spiro atoms. The van der Waals surface area contributed by atoms with E-state index in [2.05, 4.69) is 9.97 Å². The van der Waals surface area contributed by atoms with Crippen LogP contribution < -0.4 is 4.74 Å². The van der Waals surface area contributed by atoms with Crippen LogP contribution in [0.3, 0.4) is 0 Å². The van der Waals surface area contributed by atoms with Crippen LogP contribution in [-0.2, 0) is 0 Å². The van der Waals surface area contributed by atoms with Crippen molar-refractivity contribution >= 4 is 23.2 Å². The van der Waals surface area contributed by atoms with Crippen LogP contribution in [0.4, 0.5) is 0 Å². The summed E-state index contributed by atoms with van der Waals surface area (Å²) in [5.74, 6) is -0.258. The maximum Gasteiger partial charge on any atom is 0.364 e. The van der Waals surface area contributed by atoms with Gasteiger partial charge in [0, 0.05) is 24.7 Å². The van der Waals surface area contributed by atoms with Gasteiger partial charge in [0.2, 0.25) is 0 Å². The first kappa shape index (κ1) is 12.6.